The van der Waals surface area contributed by atoms with Crippen molar-refractivity contribution in [2.75, 3.05) is 25.0 Å². The minimum absolute atomic E-state index is 0.135. The van der Waals surface area contributed by atoms with E-state index in [2.05, 4.69) is 29.2 Å². The highest BCUT2D eigenvalue weighted by Crippen LogP contribution is 2.36. The summed E-state index contributed by atoms with van der Waals surface area (Å²) in [5.41, 5.74) is 7.56. The summed E-state index contributed by atoms with van der Waals surface area (Å²) in [6.45, 7) is 4.11. The van der Waals surface area contributed by atoms with Crippen molar-refractivity contribution in [2.24, 2.45) is 0 Å². The summed E-state index contributed by atoms with van der Waals surface area (Å²) in [5.74, 6) is 0.167. The predicted octanol–water partition coefficient (Wildman–Crippen LogP) is 0.985. The Labute approximate surface area is 153 Å². The van der Waals surface area contributed by atoms with E-state index in [9.17, 15) is 4.79 Å². The van der Waals surface area contributed by atoms with E-state index >= 15 is 0 Å². The fourth-order valence-corrected chi connectivity index (χ4v) is 4.27. The maximum Gasteiger partial charge on any atom is 0.241 e. The zero-order chi connectivity index (χ0) is 18.1. The van der Waals surface area contributed by atoms with Crippen molar-refractivity contribution < 1.29 is 9.53 Å². The van der Waals surface area contributed by atoms with Crippen LogP contribution >= 0.6 is 0 Å². The summed E-state index contributed by atoms with van der Waals surface area (Å²) in [4.78, 5) is 14.6. The molecule has 0 saturated carbocycles. The minimum atomic E-state index is -0.238. The van der Waals surface area contributed by atoms with Gasteiger partial charge in [-0.1, -0.05) is 6.07 Å². The number of nitrogens with one attached hydrogen (secondary N) is 3. The number of hydrazine groups is 1. The quantitative estimate of drug-likeness (QED) is 0.749. The number of nitrogens with zero attached hydrogens (tertiary/aromatic N) is 2. The van der Waals surface area contributed by atoms with E-state index in [1.807, 2.05) is 23.1 Å². The minimum Gasteiger partial charge on any atom is -0.380 e. The van der Waals surface area contributed by atoms with Crippen molar-refractivity contribution in [3.05, 3.63) is 29.8 Å². The maximum atomic E-state index is 12.7. The monoisotopic (exact) mass is 355 g/mol. The number of hydrogen-bond donors (Lipinski definition) is 3. The molecule has 1 spiro atoms. The number of carbonyl (C=O) groups is 1. The molecule has 3 aliphatic heterocycles. The number of likely N-dealkylation sites (tertiary alicyclic amines) is 1. The Balaban J connectivity index is 1.34. The number of hydrogen-bond acceptors (Lipinski definition) is 6. The van der Waals surface area contributed by atoms with Gasteiger partial charge in [0.25, 0.3) is 0 Å². The van der Waals surface area contributed by atoms with Crippen LogP contribution in [0.3, 0.4) is 0 Å². The van der Waals surface area contributed by atoms with Crippen molar-refractivity contribution in [3.63, 3.8) is 0 Å². The van der Waals surface area contributed by atoms with E-state index in [4.69, 9.17) is 10.00 Å². The molecule has 7 heteroatoms. The second-order valence-electron chi connectivity index (χ2n) is 7.72. The first-order valence-corrected chi connectivity index (χ1v) is 9.27. The van der Waals surface area contributed by atoms with Crippen LogP contribution in [0.5, 0.6) is 0 Å². The lowest BCUT2D eigenvalue weighted by molar-refractivity contribution is -0.133. The standard InChI is InChI=1S/C19H25N5O2/c1-13-7-17(23-22-13)18(25)24-6-5-19(12-24)9-16(11-26-19)21-15-4-2-3-14(8-15)10-20/h2-4,8,13,16-17,21-23H,5-7,9,11-12H2,1H3. The van der Waals surface area contributed by atoms with Crippen LogP contribution in [-0.2, 0) is 9.53 Å². The summed E-state index contributed by atoms with van der Waals surface area (Å²) in [5, 5.41) is 12.5. The van der Waals surface area contributed by atoms with Crippen molar-refractivity contribution >= 4 is 11.6 Å². The molecule has 3 fully saturated rings. The first-order chi connectivity index (χ1) is 12.6. The largest absolute Gasteiger partial charge is 0.380 e. The first-order valence-electron chi connectivity index (χ1n) is 9.27. The lowest BCUT2D eigenvalue weighted by Gasteiger charge is -2.25. The zero-order valence-electron chi connectivity index (χ0n) is 15.0. The van der Waals surface area contributed by atoms with Gasteiger partial charge in [0.2, 0.25) is 5.91 Å². The van der Waals surface area contributed by atoms with Gasteiger partial charge < -0.3 is 15.0 Å². The molecule has 138 valence electrons. The molecule has 0 aromatic heterocycles. The predicted molar refractivity (Wildman–Crippen MR) is 97.2 cm³/mol. The van der Waals surface area contributed by atoms with Crippen LogP contribution in [0.25, 0.3) is 0 Å². The van der Waals surface area contributed by atoms with Gasteiger partial charge in [-0.15, -0.1) is 0 Å². The highest BCUT2D eigenvalue weighted by atomic mass is 16.5. The molecule has 1 amide bonds. The number of anilines is 1. The molecule has 3 saturated heterocycles. The van der Waals surface area contributed by atoms with Gasteiger partial charge in [-0.3, -0.25) is 10.2 Å². The summed E-state index contributed by atoms with van der Waals surface area (Å²) in [6, 6.07) is 10.0. The van der Waals surface area contributed by atoms with E-state index in [0.29, 0.717) is 24.8 Å². The average molecular weight is 355 g/mol. The maximum absolute atomic E-state index is 12.7. The van der Waals surface area contributed by atoms with Crippen LogP contribution in [0, 0.1) is 11.3 Å². The second kappa shape index (κ2) is 6.88. The number of ether oxygens (including phenoxy) is 1. The highest BCUT2D eigenvalue weighted by Gasteiger charge is 2.47. The van der Waals surface area contributed by atoms with Crippen molar-refractivity contribution in [1.82, 2.24) is 15.8 Å². The molecule has 1 aromatic rings. The van der Waals surface area contributed by atoms with Crippen LogP contribution < -0.4 is 16.2 Å². The number of carbonyl (C=O) groups excluding carboxylic acids is 1. The smallest absolute Gasteiger partial charge is 0.241 e. The summed E-state index contributed by atoms with van der Waals surface area (Å²) < 4.78 is 6.15. The molecule has 3 aliphatic rings. The number of rotatable bonds is 3. The fourth-order valence-electron chi connectivity index (χ4n) is 4.27. The molecule has 26 heavy (non-hydrogen) atoms. The first kappa shape index (κ1) is 17.3. The van der Waals surface area contributed by atoms with Gasteiger partial charge in [0.05, 0.1) is 29.9 Å². The van der Waals surface area contributed by atoms with Gasteiger partial charge in [-0.25, -0.2) is 5.43 Å². The Morgan fingerprint density at radius 1 is 1.46 bits per heavy atom. The lowest BCUT2D eigenvalue weighted by Crippen LogP contribution is -2.46. The van der Waals surface area contributed by atoms with Crippen molar-refractivity contribution in [3.8, 4) is 6.07 Å². The molecular formula is C19H25N5O2. The van der Waals surface area contributed by atoms with E-state index in [1.165, 1.54) is 0 Å². The van der Waals surface area contributed by atoms with Crippen molar-refractivity contribution in [2.45, 2.75) is 49.9 Å². The Morgan fingerprint density at radius 3 is 3.12 bits per heavy atom. The van der Waals surface area contributed by atoms with Gasteiger partial charge in [-0.05, 0) is 38.0 Å². The number of benzene rings is 1. The summed E-state index contributed by atoms with van der Waals surface area (Å²) in [7, 11) is 0. The zero-order valence-corrected chi connectivity index (χ0v) is 15.0. The molecule has 0 radical (unpaired) electrons. The molecule has 7 nitrogen and oxygen atoms in total. The molecule has 4 atom stereocenters. The third kappa shape index (κ3) is 3.40. The van der Waals surface area contributed by atoms with E-state index in [0.717, 1.165) is 31.5 Å². The third-order valence-corrected chi connectivity index (χ3v) is 5.59. The van der Waals surface area contributed by atoms with Gasteiger partial charge in [0.15, 0.2) is 0 Å². The fraction of sp³-hybridized carbons (Fsp3) is 0.579. The molecule has 3 heterocycles. The molecule has 1 aromatic carbocycles. The van der Waals surface area contributed by atoms with E-state index < -0.39 is 0 Å². The third-order valence-electron chi connectivity index (χ3n) is 5.59. The SMILES string of the molecule is CC1CC(C(=O)N2CCC3(CC(Nc4cccc(C#N)c4)CO3)C2)NN1. The second-order valence-corrected chi connectivity index (χ2v) is 7.72. The van der Waals surface area contributed by atoms with Gasteiger partial charge in [0.1, 0.15) is 6.04 Å². The van der Waals surface area contributed by atoms with E-state index in [1.54, 1.807) is 6.07 Å². The summed E-state index contributed by atoms with van der Waals surface area (Å²) in [6.07, 6.45) is 2.58. The van der Waals surface area contributed by atoms with Crippen LogP contribution in [0.2, 0.25) is 0 Å². The molecule has 3 N–H and O–H groups in total. The molecular weight excluding hydrogens is 330 g/mol. The topological polar surface area (TPSA) is 89.4 Å². The molecule has 4 rings (SSSR count). The van der Waals surface area contributed by atoms with Gasteiger partial charge in [0, 0.05) is 31.2 Å². The normalized spacial score (nSPS) is 33.5. The van der Waals surface area contributed by atoms with Gasteiger partial charge >= 0.3 is 0 Å². The summed E-state index contributed by atoms with van der Waals surface area (Å²) >= 11 is 0. The Hall–Kier alpha value is -2.14. The van der Waals surface area contributed by atoms with Gasteiger partial charge in [-0.2, -0.15) is 5.26 Å². The molecule has 0 bridgehead atoms. The van der Waals surface area contributed by atoms with Crippen molar-refractivity contribution in [1.29, 1.82) is 5.26 Å². The Bertz CT molecular complexity index is 733. The van der Waals surface area contributed by atoms with E-state index in [-0.39, 0.29) is 23.6 Å². The van der Waals surface area contributed by atoms with Crippen LogP contribution in [-0.4, -0.2) is 54.2 Å². The highest BCUT2D eigenvalue weighted by molar-refractivity contribution is 5.82. The number of nitriles is 1. The number of amides is 1. The molecule has 0 aliphatic carbocycles. The average Bonchev–Trinajstić information content (AvgIpc) is 3.36. The van der Waals surface area contributed by atoms with Crippen LogP contribution in [0.1, 0.15) is 31.7 Å². The Morgan fingerprint density at radius 2 is 2.35 bits per heavy atom. The molecule has 4 unspecified atom stereocenters. The lowest BCUT2D eigenvalue weighted by atomic mass is 9.97. The van der Waals surface area contributed by atoms with Crippen LogP contribution in [0.15, 0.2) is 24.3 Å². The van der Waals surface area contributed by atoms with Crippen LogP contribution in [0.4, 0.5) is 5.69 Å². The Kier molecular flexibility index (Phi) is 4.57.